The molecule has 0 amide bonds. The van der Waals surface area contributed by atoms with Crippen LogP contribution in [0.2, 0.25) is 0 Å². The third kappa shape index (κ3) is 3.52. The standard InChI is InChI=1S/C19H20N8S/c1-24-18(16-5-2-6-21-13-16)23-27(19(24)28)14-25-8-10-26(11-9-25)17-15(12-20)4-3-7-22-17/h2-7,13H,8-11,14H2,1H3. The van der Waals surface area contributed by atoms with Crippen LogP contribution >= 0.6 is 12.2 Å². The Labute approximate surface area is 168 Å². The van der Waals surface area contributed by atoms with Gasteiger partial charge >= 0.3 is 0 Å². The van der Waals surface area contributed by atoms with Crippen LogP contribution in [0.1, 0.15) is 5.56 Å². The predicted molar refractivity (Wildman–Crippen MR) is 108 cm³/mol. The van der Waals surface area contributed by atoms with Crippen molar-refractivity contribution in [3.63, 3.8) is 0 Å². The summed E-state index contributed by atoms with van der Waals surface area (Å²) >= 11 is 5.57. The lowest BCUT2D eigenvalue weighted by atomic mass is 10.2. The molecule has 0 unspecified atom stereocenters. The summed E-state index contributed by atoms with van der Waals surface area (Å²) in [6.07, 6.45) is 5.27. The summed E-state index contributed by atoms with van der Waals surface area (Å²) in [5.74, 6) is 1.57. The summed E-state index contributed by atoms with van der Waals surface area (Å²) in [5.41, 5.74) is 1.56. The maximum absolute atomic E-state index is 9.29. The molecule has 0 bridgehead atoms. The van der Waals surface area contributed by atoms with Gasteiger partial charge < -0.3 is 9.47 Å². The number of nitriles is 1. The molecule has 0 saturated carbocycles. The number of pyridine rings is 2. The summed E-state index contributed by atoms with van der Waals surface area (Å²) in [6.45, 7) is 3.95. The van der Waals surface area contributed by atoms with Crippen LogP contribution in [0.5, 0.6) is 0 Å². The van der Waals surface area contributed by atoms with E-state index >= 15 is 0 Å². The van der Waals surface area contributed by atoms with Crippen molar-refractivity contribution >= 4 is 18.0 Å². The molecule has 0 aliphatic carbocycles. The molecule has 4 rings (SSSR count). The maximum Gasteiger partial charge on any atom is 0.199 e. The topological polar surface area (TPSA) is 78.8 Å². The van der Waals surface area contributed by atoms with Gasteiger partial charge in [0.2, 0.25) is 0 Å². The molecular weight excluding hydrogens is 372 g/mol. The van der Waals surface area contributed by atoms with E-state index in [0.29, 0.717) is 17.0 Å². The van der Waals surface area contributed by atoms with Crippen LogP contribution < -0.4 is 4.90 Å². The SMILES string of the molecule is Cn1c(-c2cccnc2)nn(CN2CCN(c3ncccc3C#N)CC2)c1=S. The second-order valence-corrected chi connectivity index (χ2v) is 7.00. The Kier molecular flexibility index (Phi) is 5.14. The van der Waals surface area contributed by atoms with Gasteiger partial charge in [-0.15, -0.1) is 0 Å². The van der Waals surface area contributed by atoms with Gasteiger partial charge in [-0.2, -0.15) is 10.4 Å². The average molecular weight is 392 g/mol. The highest BCUT2D eigenvalue weighted by Crippen LogP contribution is 2.19. The smallest absolute Gasteiger partial charge is 0.199 e. The number of piperazine rings is 1. The van der Waals surface area contributed by atoms with E-state index in [-0.39, 0.29) is 0 Å². The zero-order chi connectivity index (χ0) is 19.5. The molecule has 1 aliphatic heterocycles. The Morgan fingerprint density at radius 1 is 1.14 bits per heavy atom. The fourth-order valence-corrected chi connectivity index (χ4v) is 3.54. The van der Waals surface area contributed by atoms with Gasteiger partial charge in [0, 0.05) is 57.4 Å². The molecule has 8 nitrogen and oxygen atoms in total. The van der Waals surface area contributed by atoms with Gasteiger partial charge in [0.15, 0.2) is 10.6 Å². The molecule has 9 heteroatoms. The molecule has 28 heavy (non-hydrogen) atoms. The molecule has 4 heterocycles. The molecule has 3 aromatic heterocycles. The molecule has 0 N–H and O–H groups in total. The maximum atomic E-state index is 9.29. The first-order chi connectivity index (χ1) is 13.7. The minimum Gasteiger partial charge on any atom is -0.353 e. The lowest BCUT2D eigenvalue weighted by molar-refractivity contribution is 0.194. The Bertz CT molecular complexity index is 1060. The molecular formula is C19H20N8S. The third-order valence-corrected chi connectivity index (χ3v) is 5.36. The van der Waals surface area contributed by atoms with Crippen LogP contribution in [0.3, 0.4) is 0 Å². The van der Waals surface area contributed by atoms with E-state index in [9.17, 15) is 5.26 Å². The Morgan fingerprint density at radius 3 is 2.64 bits per heavy atom. The number of rotatable bonds is 4. The zero-order valence-electron chi connectivity index (χ0n) is 15.6. The zero-order valence-corrected chi connectivity index (χ0v) is 16.4. The molecule has 3 aromatic rings. The van der Waals surface area contributed by atoms with E-state index in [0.717, 1.165) is 43.4 Å². The average Bonchev–Trinajstić information content (AvgIpc) is 3.03. The van der Waals surface area contributed by atoms with Crippen molar-refractivity contribution in [1.29, 1.82) is 5.26 Å². The molecule has 0 spiro atoms. The summed E-state index contributed by atoms with van der Waals surface area (Å²) in [6, 6.07) is 9.69. The highest BCUT2D eigenvalue weighted by atomic mass is 32.1. The van der Waals surface area contributed by atoms with Crippen LogP contribution in [-0.2, 0) is 13.7 Å². The molecule has 0 atom stereocenters. The van der Waals surface area contributed by atoms with E-state index < -0.39 is 0 Å². The monoisotopic (exact) mass is 392 g/mol. The van der Waals surface area contributed by atoms with Crippen LogP contribution in [-0.4, -0.2) is 55.4 Å². The van der Waals surface area contributed by atoms with Crippen molar-refractivity contribution in [2.24, 2.45) is 7.05 Å². The first-order valence-electron chi connectivity index (χ1n) is 9.04. The molecule has 1 saturated heterocycles. The van der Waals surface area contributed by atoms with Crippen LogP contribution in [0.4, 0.5) is 5.82 Å². The third-order valence-electron chi connectivity index (χ3n) is 4.87. The van der Waals surface area contributed by atoms with Crippen molar-refractivity contribution < 1.29 is 0 Å². The minimum atomic E-state index is 0.615. The number of anilines is 1. The van der Waals surface area contributed by atoms with E-state index in [2.05, 4.69) is 25.8 Å². The van der Waals surface area contributed by atoms with E-state index in [1.165, 1.54) is 0 Å². The van der Waals surface area contributed by atoms with Crippen molar-refractivity contribution in [2.75, 3.05) is 31.1 Å². The highest BCUT2D eigenvalue weighted by Gasteiger charge is 2.21. The lowest BCUT2D eigenvalue weighted by Crippen LogP contribution is -2.47. The molecule has 0 aromatic carbocycles. The summed E-state index contributed by atoms with van der Waals surface area (Å²) in [5, 5.41) is 14.0. The second-order valence-electron chi connectivity index (χ2n) is 6.64. The summed E-state index contributed by atoms with van der Waals surface area (Å²) in [4.78, 5) is 13.0. The molecule has 1 aliphatic rings. The van der Waals surface area contributed by atoms with Gasteiger partial charge in [-0.25, -0.2) is 9.67 Å². The van der Waals surface area contributed by atoms with Gasteiger partial charge in [0.05, 0.1) is 12.2 Å². The number of aromatic nitrogens is 5. The Hall–Kier alpha value is -3.09. The van der Waals surface area contributed by atoms with E-state index in [1.54, 1.807) is 24.7 Å². The van der Waals surface area contributed by atoms with E-state index in [4.69, 9.17) is 17.3 Å². The number of nitrogens with zero attached hydrogens (tertiary/aromatic N) is 8. The van der Waals surface area contributed by atoms with Crippen molar-refractivity contribution in [3.8, 4) is 17.5 Å². The van der Waals surface area contributed by atoms with Crippen LogP contribution in [0.25, 0.3) is 11.4 Å². The van der Waals surface area contributed by atoms with Gasteiger partial charge in [-0.05, 0) is 36.5 Å². The Balaban J connectivity index is 1.46. The van der Waals surface area contributed by atoms with Crippen molar-refractivity contribution in [2.45, 2.75) is 6.67 Å². The van der Waals surface area contributed by atoms with Crippen LogP contribution in [0.15, 0.2) is 42.9 Å². The molecule has 142 valence electrons. The fourth-order valence-electron chi connectivity index (χ4n) is 3.35. The predicted octanol–water partition coefficient (Wildman–Crippen LogP) is 2.06. The Morgan fingerprint density at radius 2 is 1.93 bits per heavy atom. The summed E-state index contributed by atoms with van der Waals surface area (Å²) in [7, 11) is 1.93. The second kappa shape index (κ2) is 7.88. The van der Waals surface area contributed by atoms with Gasteiger partial charge in [-0.1, -0.05) is 0 Å². The van der Waals surface area contributed by atoms with Gasteiger partial charge in [0.1, 0.15) is 11.9 Å². The first kappa shape index (κ1) is 18.3. The largest absolute Gasteiger partial charge is 0.353 e. The number of hydrogen-bond donors (Lipinski definition) is 0. The molecule has 1 fully saturated rings. The van der Waals surface area contributed by atoms with Crippen molar-refractivity contribution in [3.05, 3.63) is 53.2 Å². The highest BCUT2D eigenvalue weighted by molar-refractivity contribution is 7.71. The summed E-state index contributed by atoms with van der Waals surface area (Å²) < 4.78 is 4.45. The fraction of sp³-hybridized carbons (Fsp3) is 0.316. The van der Waals surface area contributed by atoms with Gasteiger partial charge in [-0.3, -0.25) is 9.88 Å². The van der Waals surface area contributed by atoms with Gasteiger partial charge in [0.25, 0.3) is 0 Å². The lowest BCUT2D eigenvalue weighted by Gasteiger charge is -2.35. The van der Waals surface area contributed by atoms with E-state index in [1.807, 2.05) is 34.5 Å². The van der Waals surface area contributed by atoms with Crippen LogP contribution in [0, 0.1) is 16.1 Å². The first-order valence-corrected chi connectivity index (χ1v) is 9.45. The normalized spacial score (nSPS) is 14.8. The van der Waals surface area contributed by atoms with Crippen molar-refractivity contribution in [1.82, 2.24) is 29.2 Å². The minimum absolute atomic E-state index is 0.615. The number of hydrogen-bond acceptors (Lipinski definition) is 7. The quantitative estimate of drug-likeness (QED) is 0.629. The molecule has 0 radical (unpaired) electrons.